The molecule has 0 spiro atoms. The Labute approximate surface area is 136 Å². The predicted octanol–water partition coefficient (Wildman–Crippen LogP) is 6.41. The van der Waals surface area contributed by atoms with E-state index >= 15 is 0 Å². The van der Waals surface area contributed by atoms with Crippen molar-refractivity contribution in [3.8, 4) is 0 Å². The van der Waals surface area contributed by atoms with E-state index in [1.54, 1.807) is 6.07 Å². The number of fused-ring (bicyclic) bond motifs is 1. The lowest BCUT2D eigenvalue weighted by molar-refractivity contribution is -0.137. The van der Waals surface area contributed by atoms with Crippen LogP contribution in [0.15, 0.2) is 46.9 Å². The quantitative estimate of drug-likeness (QED) is 0.444. The minimum atomic E-state index is -4.34. The summed E-state index contributed by atoms with van der Waals surface area (Å²) in [4.78, 5) is 0.889. The van der Waals surface area contributed by atoms with Gasteiger partial charge in [-0.05, 0) is 51.1 Å². The first kappa shape index (κ1) is 15.5. The molecule has 0 N–H and O–H groups in total. The molecule has 0 fully saturated rings. The molecule has 0 aliphatic rings. The molecule has 0 aliphatic heterocycles. The Morgan fingerprint density at radius 3 is 2.55 bits per heavy atom. The first-order valence-electron chi connectivity index (χ1n) is 6.36. The smallest absolute Gasteiger partial charge is 0.207 e. The van der Waals surface area contributed by atoms with E-state index in [4.69, 9.17) is 0 Å². The van der Waals surface area contributed by atoms with Crippen LogP contribution >= 0.6 is 27.3 Å². The van der Waals surface area contributed by atoms with Crippen LogP contribution in [0.5, 0.6) is 0 Å². The number of thiophene rings is 1. The Bertz CT molecular complexity index is 836. The lowest BCUT2D eigenvalue weighted by atomic mass is 10.1. The van der Waals surface area contributed by atoms with Crippen LogP contribution in [-0.2, 0) is 12.6 Å². The zero-order valence-corrected chi connectivity index (χ0v) is 13.4. The number of hydrogen-bond acceptors (Lipinski definition) is 1. The molecule has 3 rings (SSSR count). The summed E-state index contributed by atoms with van der Waals surface area (Å²) in [7, 11) is 0. The van der Waals surface area contributed by atoms with E-state index in [9.17, 15) is 17.6 Å². The summed E-state index contributed by atoms with van der Waals surface area (Å²) in [5, 5.41) is 0.749. The summed E-state index contributed by atoms with van der Waals surface area (Å²) in [5.41, 5.74) is -0.0729. The molecule has 6 heteroatoms. The summed E-state index contributed by atoms with van der Waals surface area (Å²) in [5.74, 6) is -0.345. The highest BCUT2D eigenvalue weighted by atomic mass is 79.9. The average molecular weight is 389 g/mol. The maximum Gasteiger partial charge on any atom is 0.416 e. The van der Waals surface area contributed by atoms with Crippen molar-refractivity contribution in [2.75, 3.05) is 0 Å². The van der Waals surface area contributed by atoms with Gasteiger partial charge >= 0.3 is 6.18 Å². The Morgan fingerprint density at radius 1 is 1.05 bits per heavy atom. The van der Waals surface area contributed by atoms with Gasteiger partial charge in [-0.15, -0.1) is 11.3 Å². The van der Waals surface area contributed by atoms with Gasteiger partial charge in [0.1, 0.15) is 5.82 Å². The minimum Gasteiger partial charge on any atom is -0.207 e. The van der Waals surface area contributed by atoms with Gasteiger partial charge in [0.15, 0.2) is 0 Å². The molecule has 0 amide bonds. The summed E-state index contributed by atoms with van der Waals surface area (Å²) >= 11 is 4.75. The van der Waals surface area contributed by atoms with Gasteiger partial charge in [-0.3, -0.25) is 0 Å². The number of hydrogen-bond donors (Lipinski definition) is 0. The molecule has 0 nitrogen and oxygen atoms in total. The van der Waals surface area contributed by atoms with Crippen molar-refractivity contribution in [1.82, 2.24) is 0 Å². The molecule has 3 aromatic rings. The number of rotatable bonds is 2. The molecule has 0 aliphatic carbocycles. The third-order valence-corrected chi connectivity index (χ3v) is 5.29. The second-order valence-electron chi connectivity index (χ2n) is 4.89. The van der Waals surface area contributed by atoms with E-state index < -0.39 is 11.7 Å². The SMILES string of the molecule is Fc1cc(Br)c2sc(Cc3cccc(C(F)(F)F)c3)cc2c1. The third-order valence-electron chi connectivity index (χ3n) is 3.22. The number of halogens is 5. The van der Waals surface area contributed by atoms with E-state index in [1.807, 2.05) is 6.07 Å². The van der Waals surface area contributed by atoms with Crippen LogP contribution in [0.4, 0.5) is 17.6 Å². The molecule has 0 saturated carbocycles. The average Bonchev–Trinajstić information content (AvgIpc) is 2.80. The van der Waals surface area contributed by atoms with Gasteiger partial charge in [-0.25, -0.2) is 4.39 Å². The van der Waals surface area contributed by atoms with Crippen LogP contribution in [0.25, 0.3) is 10.1 Å². The second-order valence-corrected chi connectivity index (χ2v) is 6.88. The molecule has 2 aromatic carbocycles. The maximum absolute atomic E-state index is 13.4. The molecule has 114 valence electrons. The fraction of sp³-hybridized carbons (Fsp3) is 0.125. The molecule has 0 unspecified atom stereocenters. The molecule has 1 heterocycles. The van der Waals surface area contributed by atoms with Crippen molar-refractivity contribution in [3.05, 3.63) is 68.8 Å². The molecular weight excluding hydrogens is 380 g/mol. The van der Waals surface area contributed by atoms with Crippen LogP contribution in [0.3, 0.4) is 0 Å². The number of alkyl halides is 3. The van der Waals surface area contributed by atoms with Crippen molar-refractivity contribution in [2.24, 2.45) is 0 Å². The lowest BCUT2D eigenvalue weighted by Crippen LogP contribution is -2.05. The molecule has 0 radical (unpaired) electrons. The van der Waals surface area contributed by atoms with Gasteiger partial charge in [0.2, 0.25) is 0 Å². The molecule has 22 heavy (non-hydrogen) atoms. The van der Waals surface area contributed by atoms with Crippen molar-refractivity contribution >= 4 is 37.4 Å². The van der Waals surface area contributed by atoms with E-state index in [0.717, 1.165) is 27.1 Å². The zero-order chi connectivity index (χ0) is 15.9. The molecule has 0 atom stereocenters. The van der Waals surface area contributed by atoms with E-state index in [2.05, 4.69) is 15.9 Å². The van der Waals surface area contributed by atoms with Crippen LogP contribution < -0.4 is 0 Å². The van der Waals surface area contributed by atoms with Gasteiger partial charge in [-0.2, -0.15) is 13.2 Å². The largest absolute Gasteiger partial charge is 0.416 e. The third kappa shape index (κ3) is 3.17. The van der Waals surface area contributed by atoms with Crippen molar-refractivity contribution < 1.29 is 17.6 Å². The first-order valence-corrected chi connectivity index (χ1v) is 7.97. The fourth-order valence-electron chi connectivity index (χ4n) is 2.28. The summed E-state index contributed by atoms with van der Waals surface area (Å²) in [6.45, 7) is 0. The van der Waals surface area contributed by atoms with Crippen molar-refractivity contribution in [1.29, 1.82) is 0 Å². The van der Waals surface area contributed by atoms with Crippen LogP contribution in [0, 0.1) is 5.82 Å². The second kappa shape index (κ2) is 5.66. The van der Waals surface area contributed by atoms with E-state index in [-0.39, 0.29) is 5.82 Å². The Kier molecular flexibility index (Phi) is 3.99. The van der Waals surface area contributed by atoms with Gasteiger partial charge < -0.3 is 0 Å². The van der Waals surface area contributed by atoms with Crippen molar-refractivity contribution in [3.63, 3.8) is 0 Å². The highest BCUT2D eigenvalue weighted by Gasteiger charge is 2.30. The number of benzene rings is 2. The van der Waals surface area contributed by atoms with Gasteiger partial charge in [0, 0.05) is 20.5 Å². The predicted molar refractivity (Wildman–Crippen MR) is 83.7 cm³/mol. The van der Waals surface area contributed by atoms with Gasteiger partial charge in [-0.1, -0.05) is 18.2 Å². The summed E-state index contributed by atoms with van der Waals surface area (Å²) in [6.07, 6.45) is -3.96. The van der Waals surface area contributed by atoms with Crippen LogP contribution in [0.2, 0.25) is 0 Å². The normalized spacial score (nSPS) is 12.0. The van der Waals surface area contributed by atoms with E-state index in [1.165, 1.54) is 29.5 Å². The van der Waals surface area contributed by atoms with Gasteiger partial charge in [0.05, 0.1) is 5.56 Å². The van der Waals surface area contributed by atoms with E-state index in [0.29, 0.717) is 16.5 Å². The topological polar surface area (TPSA) is 0 Å². The molecular formula is C16H9BrF4S. The standard InChI is InChI=1S/C16H9BrF4S/c17-14-8-12(18)6-10-7-13(22-15(10)14)5-9-2-1-3-11(4-9)16(19,20)21/h1-4,6-8H,5H2. The van der Waals surface area contributed by atoms with Crippen LogP contribution in [-0.4, -0.2) is 0 Å². The monoisotopic (exact) mass is 388 g/mol. The zero-order valence-electron chi connectivity index (χ0n) is 11.0. The summed E-state index contributed by atoms with van der Waals surface area (Å²) < 4.78 is 53.1. The Balaban J connectivity index is 1.95. The first-order chi connectivity index (χ1) is 10.3. The Morgan fingerprint density at radius 2 is 1.82 bits per heavy atom. The van der Waals surface area contributed by atoms with Crippen LogP contribution in [0.1, 0.15) is 16.0 Å². The Hall–Kier alpha value is -1.40. The lowest BCUT2D eigenvalue weighted by Gasteiger charge is -2.08. The fourth-order valence-corrected chi connectivity index (χ4v) is 4.04. The van der Waals surface area contributed by atoms with Gasteiger partial charge in [0.25, 0.3) is 0 Å². The molecule has 0 bridgehead atoms. The van der Waals surface area contributed by atoms with Crippen molar-refractivity contribution in [2.45, 2.75) is 12.6 Å². The maximum atomic E-state index is 13.4. The highest BCUT2D eigenvalue weighted by Crippen LogP contribution is 2.35. The summed E-state index contributed by atoms with van der Waals surface area (Å²) in [6, 6.07) is 9.89. The molecule has 1 aromatic heterocycles. The minimum absolute atomic E-state index is 0.345. The highest BCUT2D eigenvalue weighted by molar-refractivity contribution is 9.10. The molecule has 0 saturated heterocycles.